The van der Waals surface area contributed by atoms with Crippen LogP contribution in [0, 0.1) is 0 Å². The molecular weight excluding hydrogens is 299 g/mol. The van der Waals surface area contributed by atoms with Gasteiger partial charge in [-0.15, -0.1) is 0 Å². The summed E-state index contributed by atoms with van der Waals surface area (Å²) in [5, 5.41) is 3.53. The van der Waals surface area contributed by atoms with Crippen LogP contribution in [0.4, 0.5) is 11.4 Å². The van der Waals surface area contributed by atoms with Crippen LogP contribution in [0.5, 0.6) is 5.75 Å². The topological polar surface area (TPSA) is 64.3 Å². The monoisotopic (exact) mass is 310 g/mol. The van der Waals surface area contributed by atoms with E-state index in [0.717, 1.165) is 0 Å². The standard InChI is InChI=1S/C14H12Cl2N2O2/c1-20-13-3-2-11(7-12(13)16)18-14(19)8-4-9(15)6-10(17)5-8/h2-7H,17H2,1H3,(H,18,19). The molecule has 0 aliphatic rings. The summed E-state index contributed by atoms with van der Waals surface area (Å²) in [5.74, 6) is 0.220. The molecule has 0 atom stereocenters. The summed E-state index contributed by atoms with van der Waals surface area (Å²) >= 11 is 11.9. The first-order chi connectivity index (χ1) is 9.49. The number of methoxy groups -OCH3 is 1. The molecule has 0 bridgehead atoms. The van der Waals surface area contributed by atoms with Crippen LogP contribution in [0.3, 0.4) is 0 Å². The van der Waals surface area contributed by atoms with Crippen molar-refractivity contribution in [2.45, 2.75) is 0 Å². The molecule has 0 aromatic heterocycles. The summed E-state index contributed by atoms with van der Waals surface area (Å²) in [5.41, 5.74) is 7.01. The third-order valence-electron chi connectivity index (χ3n) is 2.59. The van der Waals surface area contributed by atoms with Crippen LogP contribution in [-0.2, 0) is 0 Å². The molecule has 3 N–H and O–H groups in total. The second-order valence-corrected chi connectivity index (χ2v) is 4.92. The third kappa shape index (κ3) is 3.35. The van der Waals surface area contributed by atoms with Gasteiger partial charge in [-0.25, -0.2) is 0 Å². The van der Waals surface area contributed by atoms with Crippen LogP contribution in [0.2, 0.25) is 10.0 Å². The van der Waals surface area contributed by atoms with E-state index in [1.807, 2.05) is 0 Å². The van der Waals surface area contributed by atoms with Crippen LogP contribution in [0.1, 0.15) is 10.4 Å². The molecule has 0 saturated carbocycles. The number of nitrogens with one attached hydrogen (secondary N) is 1. The minimum absolute atomic E-state index is 0.319. The number of ether oxygens (including phenoxy) is 1. The van der Waals surface area contributed by atoms with Crippen LogP contribution in [0.15, 0.2) is 36.4 Å². The quantitative estimate of drug-likeness (QED) is 0.847. The molecule has 104 valence electrons. The molecule has 0 fully saturated rings. The van der Waals surface area contributed by atoms with Gasteiger partial charge >= 0.3 is 0 Å². The van der Waals surface area contributed by atoms with Crippen molar-refractivity contribution in [2.75, 3.05) is 18.2 Å². The summed E-state index contributed by atoms with van der Waals surface area (Å²) < 4.78 is 5.04. The molecule has 2 aromatic carbocycles. The van der Waals surface area contributed by atoms with E-state index in [9.17, 15) is 4.79 Å². The Labute approximate surface area is 126 Å². The highest BCUT2D eigenvalue weighted by atomic mass is 35.5. The third-order valence-corrected chi connectivity index (χ3v) is 3.11. The van der Waals surface area contributed by atoms with E-state index in [2.05, 4.69) is 5.32 Å². The number of carbonyl (C=O) groups excluding carboxylic acids is 1. The van der Waals surface area contributed by atoms with E-state index in [1.54, 1.807) is 36.4 Å². The van der Waals surface area contributed by atoms with Gasteiger partial charge in [-0.05, 0) is 36.4 Å². The number of hydrogen-bond acceptors (Lipinski definition) is 3. The molecule has 0 aliphatic carbocycles. The first-order valence-electron chi connectivity index (χ1n) is 5.70. The second kappa shape index (κ2) is 6.03. The van der Waals surface area contributed by atoms with E-state index in [-0.39, 0.29) is 5.91 Å². The molecule has 20 heavy (non-hydrogen) atoms. The van der Waals surface area contributed by atoms with Gasteiger partial charge in [-0.3, -0.25) is 4.79 Å². The maximum Gasteiger partial charge on any atom is 0.255 e. The number of nitrogens with two attached hydrogens (primary N) is 1. The van der Waals surface area contributed by atoms with Gasteiger partial charge in [0, 0.05) is 22.0 Å². The van der Waals surface area contributed by atoms with Crippen molar-refractivity contribution >= 4 is 40.5 Å². The summed E-state index contributed by atoms with van der Waals surface area (Å²) in [6.07, 6.45) is 0. The van der Waals surface area contributed by atoms with Crippen LogP contribution in [0.25, 0.3) is 0 Å². The Morgan fingerprint density at radius 2 is 1.95 bits per heavy atom. The molecule has 0 spiro atoms. The van der Waals surface area contributed by atoms with E-state index in [0.29, 0.717) is 32.7 Å². The van der Waals surface area contributed by atoms with Crippen LogP contribution < -0.4 is 15.8 Å². The normalized spacial score (nSPS) is 10.2. The average Bonchev–Trinajstić information content (AvgIpc) is 2.37. The van der Waals surface area contributed by atoms with Crippen molar-refractivity contribution in [2.24, 2.45) is 0 Å². The number of anilines is 2. The Kier molecular flexibility index (Phi) is 4.37. The first-order valence-corrected chi connectivity index (χ1v) is 6.46. The molecule has 2 aromatic rings. The summed E-state index contributed by atoms with van der Waals surface area (Å²) in [6, 6.07) is 9.63. The molecular formula is C14H12Cl2N2O2. The predicted molar refractivity (Wildman–Crippen MR) is 81.8 cm³/mol. The fourth-order valence-electron chi connectivity index (χ4n) is 1.69. The highest BCUT2D eigenvalue weighted by Crippen LogP contribution is 2.27. The lowest BCUT2D eigenvalue weighted by Crippen LogP contribution is -2.12. The predicted octanol–water partition coefficient (Wildman–Crippen LogP) is 3.84. The van der Waals surface area contributed by atoms with Gasteiger partial charge in [0.2, 0.25) is 0 Å². The number of benzene rings is 2. The van der Waals surface area contributed by atoms with Crippen molar-refractivity contribution in [3.8, 4) is 5.75 Å². The van der Waals surface area contributed by atoms with Gasteiger partial charge in [0.1, 0.15) is 5.75 Å². The maximum atomic E-state index is 12.1. The summed E-state index contributed by atoms with van der Waals surface area (Å²) in [4.78, 5) is 12.1. The number of nitrogen functional groups attached to an aromatic ring is 1. The van der Waals surface area contributed by atoms with Crippen molar-refractivity contribution in [3.63, 3.8) is 0 Å². The molecule has 2 rings (SSSR count). The SMILES string of the molecule is COc1ccc(NC(=O)c2cc(N)cc(Cl)c2)cc1Cl. The Bertz CT molecular complexity index is 639. The number of amides is 1. The first kappa shape index (κ1) is 14.5. The fourth-order valence-corrected chi connectivity index (χ4v) is 2.19. The smallest absolute Gasteiger partial charge is 0.255 e. The highest BCUT2D eigenvalue weighted by molar-refractivity contribution is 6.32. The van der Waals surface area contributed by atoms with E-state index in [4.69, 9.17) is 33.7 Å². The largest absolute Gasteiger partial charge is 0.495 e. The lowest BCUT2D eigenvalue weighted by atomic mass is 10.2. The molecule has 0 saturated heterocycles. The van der Waals surface area contributed by atoms with Gasteiger partial charge in [-0.1, -0.05) is 23.2 Å². The van der Waals surface area contributed by atoms with Crippen molar-refractivity contribution < 1.29 is 9.53 Å². The van der Waals surface area contributed by atoms with Gasteiger partial charge in [0.15, 0.2) is 0 Å². The van der Waals surface area contributed by atoms with Crippen LogP contribution in [-0.4, -0.2) is 13.0 Å². The van der Waals surface area contributed by atoms with E-state index < -0.39 is 0 Å². The molecule has 4 nitrogen and oxygen atoms in total. The molecule has 0 aliphatic heterocycles. The lowest BCUT2D eigenvalue weighted by Gasteiger charge is -2.09. The summed E-state index contributed by atoms with van der Waals surface area (Å²) in [6.45, 7) is 0. The fraction of sp³-hybridized carbons (Fsp3) is 0.0714. The number of halogens is 2. The van der Waals surface area contributed by atoms with Gasteiger partial charge in [0.25, 0.3) is 5.91 Å². The second-order valence-electron chi connectivity index (χ2n) is 4.08. The van der Waals surface area contributed by atoms with Crippen molar-refractivity contribution in [1.82, 2.24) is 0 Å². The zero-order valence-electron chi connectivity index (χ0n) is 10.6. The average molecular weight is 311 g/mol. The Morgan fingerprint density at radius 1 is 1.20 bits per heavy atom. The van der Waals surface area contributed by atoms with Crippen molar-refractivity contribution in [3.05, 3.63) is 52.0 Å². The van der Waals surface area contributed by atoms with Gasteiger partial charge < -0.3 is 15.8 Å². The van der Waals surface area contributed by atoms with Gasteiger partial charge in [-0.2, -0.15) is 0 Å². The number of carbonyl (C=O) groups is 1. The molecule has 0 unspecified atom stereocenters. The Morgan fingerprint density at radius 3 is 2.55 bits per heavy atom. The Balaban J connectivity index is 2.21. The number of rotatable bonds is 3. The minimum atomic E-state index is -0.319. The zero-order chi connectivity index (χ0) is 14.7. The lowest BCUT2D eigenvalue weighted by molar-refractivity contribution is 0.102. The van der Waals surface area contributed by atoms with Crippen LogP contribution >= 0.6 is 23.2 Å². The summed E-state index contributed by atoms with van der Waals surface area (Å²) in [7, 11) is 1.52. The zero-order valence-corrected chi connectivity index (χ0v) is 12.1. The number of hydrogen-bond donors (Lipinski definition) is 2. The molecule has 0 heterocycles. The molecule has 1 amide bonds. The van der Waals surface area contributed by atoms with E-state index in [1.165, 1.54) is 7.11 Å². The highest BCUT2D eigenvalue weighted by Gasteiger charge is 2.09. The minimum Gasteiger partial charge on any atom is -0.495 e. The van der Waals surface area contributed by atoms with Gasteiger partial charge in [0.05, 0.1) is 12.1 Å². The Hall–Kier alpha value is -1.91. The molecule has 0 radical (unpaired) electrons. The van der Waals surface area contributed by atoms with E-state index >= 15 is 0 Å². The maximum absolute atomic E-state index is 12.1. The molecule has 6 heteroatoms. The van der Waals surface area contributed by atoms with Crippen molar-refractivity contribution in [1.29, 1.82) is 0 Å².